The zero-order valence-corrected chi connectivity index (χ0v) is 11.2. The van der Waals surface area contributed by atoms with E-state index in [0.29, 0.717) is 0 Å². The maximum Gasteiger partial charge on any atom is 0.169 e. The van der Waals surface area contributed by atoms with E-state index in [2.05, 4.69) is 34.2 Å². The largest absolute Gasteiger partial charge is 0.453 e. The summed E-state index contributed by atoms with van der Waals surface area (Å²) < 4.78 is 6.31. The SMILES string of the molecule is CC(NCCC1=CCCC1)c1ccc(Br)o1. The van der Waals surface area contributed by atoms with Crippen molar-refractivity contribution < 1.29 is 4.42 Å². The monoisotopic (exact) mass is 283 g/mol. The summed E-state index contributed by atoms with van der Waals surface area (Å²) in [6, 6.07) is 4.23. The lowest BCUT2D eigenvalue weighted by Gasteiger charge is -2.11. The van der Waals surface area contributed by atoms with Gasteiger partial charge in [0.05, 0.1) is 6.04 Å². The fraction of sp³-hybridized carbons (Fsp3) is 0.538. The fourth-order valence-corrected chi connectivity index (χ4v) is 2.39. The number of nitrogens with one attached hydrogen (secondary N) is 1. The van der Waals surface area contributed by atoms with Crippen LogP contribution in [0.3, 0.4) is 0 Å². The molecule has 3 heteroatoms. The van der Waals surface area contributed by atoms with Gasteiger partial charge < -0.3 is 9.73 Å². The van der Waals surface area contributed by atoms with Crippen LogP contribution in [0.25, 0.3) is 0 Å². The molecule has 2 nitrogen and oxygen atoms in total. The van der Waals surface area contributed by atoms with Crippen molar-refractivity contribution in [2.45, 2.75) is 38.6 Å². The Bertz CT molecular complexity index is 370. The summed E-state index contributed by atoms with van der Waals surface area (Å²) in [7, 11) is 0. The molecule has 1 aromatic rings. The van der Waals surface area contributed by atoms with Crippen LogP contribution in [0.5, 0.6) is 0 Å². The first-order chi connectivity index (χ1) is 7.75. The molecule has 0 fully saturated rings. The molecular formula is C13H18BrNO. The average Bonchev–Trinajstić information content (AvgIpc) is 2.89. The van der Waals surface area contributed by atoms with E-state index in [1.807, 2.05) is 12.1 Å². The van der Waals surface area contributed by atoms with Crippen molar-refractivity contribution in [2.75, 3.05) is 6.54 Å². The highest BCUT2D eigenvalue weighted by Crippen LogP contribution is 2.22. The molecule has 1 heterocycles. The first kappa shape index (κ1) is 11.9. The van der Waals surface area contributed by atoms with Gasteiger partial charge in [-0.3, -0.25) is 0 Å². The molecular weight excluding hydrogens is 266 g/mol. The number of halogens is 1. The molecule has 1 aliphatic carbocycles. The average molecular weight is 284 g/mol. The third-order valence-corrected chi connectivity index (χ3v) is 3.48. The summed E-state index contributed by atoms with van der Waals surface area (Å²) in [5.41, 5.74) is 1.61. The molecule has 1 aromatic heterocycles. The smallest absolute Gasteiger partial charge is 0.169 e. The van der Waals surface area contributed by atoms with Crippen LogP contribution >= 0.6 is 15.9 Å². The Kier molecular flexibility index (Phi) is 4.24. The summed E-state index contributed by atoms with van der Waals surface area (Å²) in [5.74, 6) is 0.993. The Hall–Kier alpha value is -0.540. The van der Waals surface area contributed by atoms with E-state index in [9.17, 15) is 0 Å². The lowest BCUT2D eigenvalue weighted by atomic mass is 10.1. The Morgan fingerprint density at radius 3 is 3.00 bits per heavy atom. The van der Waals surface area contributed by atoms with Gasteiger partial charge in [0.1, 0.15) is 5.76 Å². The van der Waals surface area contributed by atoms with Crippen LogP contribution in [0, 0.1) is 0 Å². The highest BCUT2D eigenvalue weighted by Gasteiger charge is 2.10. The normalized spacial score (nSPS) is 17.5. The summed E-state index contributed by atoms with van der Waals surface area (Å²) in [5, 5.41) is 3.48. The molecule has 0 amide bonds. The quantitative estimate of drug-likeness (QED) is 0.820. The molecule has 1 unspecified atom stereocenters. The van der Waals surface area contributed by atoms with Crippen LogP contribution < -0.4 is 5.32 Å². The molecule has 1 aliphatic rings. The molecule has 1 N–H and O–H groups in total. The maximum atomic E-state index is 5.51. The Morgan fingerprint density at radius 2 is 2.38 bits per heavy atom. The van der Waals surface area contributed by atoms with E-state index in [4.69, 9.17) is 4.42 Å². The predicted octanol–water partition coefficient (Wildman–Crippen LogP) is 4.19. The number of furan rings is 1. The standard InChI is InChI=1S/C13H18BrNO/c1-10(12-6-7-13(14)16-12)15-9-8-11-4-2-3-5-11/h4,6-7,10,15H,2-3,5,8-9H2,1H3. The highest BCUT2D eigenvalue weighted by atomic mass is 79.9. The molecule has 16 heavy (non-hydrogen) atoms. The van der Waals surface area contributed by atoms with Gasteiger partial charge in [0.15, 0.2) is 4.67 Å². The van der Waals surface area contributed by atoms with Crippen LogP contribution in [0.4, 0.5) is 0 Å². The zero-order chi connectivity index (χ0) is 11.4. The van der Waals surface area contributed by atoms with E-state index < -0.39 is 0 Å². The molecule has 0 saturated heterocycles. The van der Waals surface area contributed by atoms with E-state index in [1.165, 1.54) is 25.7 Å². The lowest BCUT2D eigenvalue weighted by Crippen LogP contribution is -2.19. The molecule has 0 bridgehead atoms. The summed E-state index contributed by atoms with van der Waals surface area (Å²) in [4.78, 5) is 0. The van der Waals surface area contributed by atoms with Gasteiger partial charge in [-0.2, -0.15) is 0 Å². The molecule has 1 atom stereocenters. The van der Waals surface area contributed by atoms with E-state index in [-0.39, 0.29) is 6.04 Å². The Morgan fingerprint density at radius 1 is 1.50 bits per heavy atom. The van der Waals surface area contributed by atoms with Crippen molar-refractivity contribution in [1.82, 2.24) is 5.32 Å². The van der Waals surface area contributed by atoms with Crippen LogP contribution in [0.2, 0.25) is 0 Å². The first-order valence-corrected chi connectivity index (χ1v) is 6.71. The van der Waals surface area contributed by atoms with Crippen LogP contribution in [-0.4, -0.2) is 6.54 Å². The molecule has 0 spiro atoms. The minimum Gasteiger partial charge on any atom is -0.453 e. The number of rotatable bonds is 5. The van der Waals surface area contributed by atoms with Gasteiger partial charge in [-0.15, -0.1) is 0 Å². The van der Waals surface area contributed by atoms with E-state index in [0.717, 1.165) is 17.0 Å². The predicted molar refractivity (Wildman–Crippen MR) is 69.4 cm³/mol. The van der Waals surface area contributed by atoms with Gasteiger partial charge in [-0.05, 0) is 67.2 Å². The van der Waals surface area contributed by atoms with Crippen molar-refractivity contribution in [3.8, 4) is 0 Å². The van der Waals surface area contributed by atoms with E-state index in [1.54, 1.807) is 5.57 Å². The zero-order valence-electron chi connectivity index (χ0n) is 9.63. The second-order valence-electron chi connectivity index (χ2n) is 4.32. The minimum atomic E-state index is 0.285. The third kappa shape index (κ3) is 3.22. The van der Waals surface area contributed by atoms with Gasteiger partial charge in [-0.25, -0.2) is 0 Å². The van der Waals surface area contributed by atoms with Crippen molar-refractivity contribution >= 4 is 15.9 Å². The Labute approximate surface area is 105 Å². The number of allylic oxidation sites excluding steroid dienone is 1. The van der Waals surface area contributed by atoms with Gasteiger partial charge >= 0.3 is 0 Å². The molecule has 0 saturated carbocycles. The number of hydrogen-bond acceptors (Lipinski definition) is 2. The van der Waals surface area contributed by atoms with E-state index >= 15 is 0 Å². The van der Waals surface area contributed by atoms with Crippen LogP contribution in [-0.2, 0) is 0 Å². The maximum absolute atomic E-state index is 5.51. The first-order valence-electron chi connectivity index (χ1n) is 5.92. The fourth-order valence-electron chi connectivity index (χ4n) is 2.08. The van der Waals surface area contributed by atoms with Crippen molar-refractivity contribution in [3.63, 3.8) is 0 Å². The van der Waals surface area contributed by atoms with Crippen LogP contribution in [0.15, 0.2) is 32.9 Å². The highest BCUT2D eigenvalue weighted by molar-refractivity contribution is 9.10. The lowest BCUT2D eigenvalue weighted by molar-refractivity contribution is 0.419. The van der Waals surface area contributed by atoms with Crippen molar-refractivity contribution in [2.24, 2.45) is 0 Å². The molecule has 88 valence electrons. The van der Waals surface area contributed by atoms with Gasteiger partial charge in [0.25, 0.3) is 0 Å². The Balaban J connectivity index is 1.73. The summed E-state index contributed by atoms with van der Waals surface area (Å²) in [6.45, 7) is 3.17. The van der Waals surface area contributed by atoms with Gasteiger partial charge in [0, 0.05) is 0 Å². The second kappa shape index (κ2) is 5.69. The molecule has 2 rings (SSSR count). The van der Waals surface area contributed by atoms with Gasteiger partial charge in [-0.1, -0.05) is 11.6 Å². The topological polar surface area (TPSA) is 25.2 Å². The minimum absolute atomic E-state index is 0.285. The van der Waals surface area contributed by atoms with Crippen molar-refractivity contribution in [1.29, 1.82) is 0 Å². The van der Waals surface area contributed by atoms with Crippen molar-refractivity contribution in [3.05, 3.63) is 34.2 Å². The summed E-state index contributed by atoms with van der Waals surface area (Å²) in [6.07, 6.45) is 7.47. The molecule has 0 aliphatic heterocycles. The van der Waals surface area contributed by atoms with Crippen LogP contribution in [0.1, 0.15) is 44.4 Å². The summed E-state index contributed by atoms with van der Waals surface area (Å²) >= 11 is 3.32. The molecule has 0 aromatic carbocycles. The second-order valence-corrected chi connectivity index (χ2v) is 5.10. The molecule has 0 radical (unpaired) electrons. The third-order valence-electron chi connectivity index (χ3n) is 3.05. The van der Waals surface area contributed by atoms with Gasteiger partial charge in [0.2, 0.25) is 0 Å². The number of hydrogen-bond donors (Lipinski definition) is 1.